The minimum absolute atomic E-state index is 0.0456. The zero-order valence-corrected chi connectivity index (χ0v) is 16.2. The summed E-state index contributed by atoms with van der Waals surface area (Å²) in [6.07, 6.45) is 0.345. The molecule has 0 aliphatic rings. The Bertz CT molecular complexity index is 583. The van der Waals surface area contributed by atoms with Gasteiger partial charge in [0.15, 0.2) is 5.82 Å². The molecule has 0 aliphatic heterocycles. The molecule has 1 rings (SSSR count). The lowest BCUT2D eigenvalue weighted by atomic mass is 10.1. The summed E-state index contributed by atoms with van der Waals surface area (Å²) in [4.78, 5) is 20.3. The molecule has 10 nitrogen and oxygen atoms in total. The molecular formula is C16H31N5O5. The molecular weight excluding hydrogens is 342 g/mol. The first-order valence-electron chi connectivity index (χ1n) is 8.48. The molecule has 10 heteroatoms. The lowest BCUT2D eigenvalue weighted by molar-refractivity contribution is -0.0928. The molecule has 1 heterocycles. The summed E-state index contributed by atoms with van der Waals surface area (Å²) in [6, 6.07) is 0. The Labute approximate surface area is 154 Å². The third-order valence-corrected chi connectivity index (χ3v) is 3.85. The molecule has 0 spiro atoms. The quantitative estimate of drug-likeness (QED) is 0.330. The van der Waals surface area contributed by atoms with Crippen molar-refractivity contribution < 1.29 is 18.9 Å². The molecule has 0 bridgehead atoms. The Balaban J connectivity index is 2.71. The average molecular weight is 373 g/mol. The van der Waals surface area contributed by atoms with Gasteiger partial charge in [0.1, 0.15) is 18.5 Å². The first kappa shape index (κ1) is 22.2. The number of nitrogens with two attached hydrogens (primary N) is 1. The van der Waals surface area contributed by atoms with Gasteiger partial charge in [0.2, 0.25) is 5.95 Å². The van der Waals surface area contributed by atoms with E-state index in [9.17, 15) is 4.79 Å². The molecule has 0 saturated carbocycles. The van der Waals surface area contributed by atoms with Crippen LogP contribution in [0.3, 0.4) is 0 Å². The number of H-pyrrole nitrogens is 1. The Morgan fingerprint density at radius 2 is 2.04 bits per heavy atom. The number of aromatic amines is 1. The number of methoxy groups -OCH3 is 2. The van der Waals surface area contributed by atoms with Crippen molar-refractivity contribution in [2.45, 2.75) is 25.6 Å². The summed E-state index contributed by atoms with van der Waals surface area (Å²) in [6.45, 7) is 3.64. The van der Waals surface area contributed by atoms with Gasteiger partial charge in [-0.3, -0.25) is 9.78 Å². The van der Waals surface area contributed by atoms with Crippen LogP contribution >= 0.6 is 0 Å². The first-order chi connectivity index (χ1) is 12.5. The number of ether oxygens (including phenoxy) is 4. The number of aromatic nitrogens is 2. The van der Waals surface area contributed by atoms with Gasteiger partial charge in [-0.1, -0.05) is 6.92 Å². The summed E-state index contributed by atoms with van der Waals surface area (Å²) in [5.74, 6) is 0.457. The van der Waals surface area contributed by atoms with Crippen molar-refractivity contribution in [2.75, 3.05) is 70.8 Å². The van der Waals surface area contributed by atoms with Crippen LogP contribution in [-0.4, -0.2) is 77.0 Å². The fourth-order valence-corrected chi connectivity index (χ4v) is 2.41. The second-order valence-electron chi connectivity index (χ2n) is 5.68. The van der Waals surface area contributed by atoms with E-state index in [1.54, 1.807) is 33.2 Å². The summed E-state index contributed by atoms with van der Waals surface area (Å²) >= 11 is 0. The monoisotopic (exact) mass is 373 g/mol. The van der Waals surface area contributed by atoms with Crippen molar-refractivity contribution in [1.82, 2.24) is 9.97 Å². The van der Waals surface area contributed by atoms with E-state index in [4.69, 9.17) is 24.7 Å². The van der Waals surface area contributed by atoms with Crippen LogP contribution in [0, 0.1) is 0 Å². The van der Waals surface area contributed by atoms with Gasteiger partial charge in [-0.25, -0.2) is 0 Å². The zero-order chi connectivity index (χ0) is 19.5. The molecule has 0 radical (unpaired) electrons. The molecule has 1 aromatic heterocycles. The Hall–Kier alpha value is -1.88. The average Bonchev–Trinajstić information content (AvgIpc) is 2.62. The summed E-state index contributed by atoms with van der Waals surface area (Å²) in [5, 5.41) is 2.83. The van der Waals surface area contributed by atoms with E-state index in [0.717, 1.165) is 6.42 Å². The molecule has 0 amide bonds. The number of nitrogens with zero attached hydrogens (tertiary/aromatic N) is 2. The summed E-state index contributed by atoms with van der Waals surface area (Å²) in [5.41, 5.74) is 5.63. The first-order valence-corrected chi connectivity index (χ1v) is 8.48. The van der Waals surface area contributed by atoms with Gasteiger partial charge in [0.25, 0.3) is 5.56 Å². The van der Waals surface area contributed by atoms with Crippen LogP contribution in [0.15, 0.2) is 4.79 Å². The minimum atomic E-state index is -0.338. The van der Waals surface area contributed by atoms with Crippen LogP contribution in [0.1, 0.15) is 13.3 Å². The van der Waals surface area contributed by atoms with Crippen LogP contribution in [0.2, 0.25) is 0 Å². The van der Waals surface area contributed by atoms with E-state index in [1.807, 2.05) is 6.92 Å². The third-order valence-electron chi connectivity index (χ3n) is 3.85. The van der Waals surface area contributed by atoms with Gasteiger partial charge in [-0.15, -0.1) is 0 Å². The normalized spacial score (nSPS) is 13.4. The van der Waals surface area contributed by atoms with Crippen LogP contribution in [-0.2, 0) is 18.9 Å². The molecule has 0 aromatic carbocycles. The zero-order valence-electron chi connectivity index (χ0n) is 16.2. The summed E-state index contributed by atoms with van der Waals surface area (Å²) < 4.78 is 22.0. The molecule has 4 N–H and O–H groups in total. The highest BCUT2D eigenvalue weighted by Crippen LogP contribution is 2.19. The van der Waals surface area contributed by atoms with E-state index in [0.29, 0.717) is 31.3 Å². The van der Waals surface area contributed by atoms with E-state index < -0.39 is 0 Å². The topological polar surface area (TPSA) is 124 Å². The van der Waals surface area contributed by atoms with Gasteiger partial charge in [0, 0.05) is 28.3 Å². The van der Waals surface area contributed by atoms with E-state index in [1.165, 1.54) is 0 Å². The maximum Gasteiger partial charge on any atom is 0.277 e. The number of rotatable bonds is 13. The number of nitrogen functional groups attached to an aromatic ring is 1. The molecule has 150 valence electrons. The van der Waals surface area contributed by atoms with E-state index >= 15 is 0 Å². The largest absolute Gasteiger partial charge is 0.382 e. The second kappa shape index (κ2) is 11.7. The Kier molecular flexibility index (Phi) is 9.96. The van der Waals surface area contributed by atoms with Crippen molar-refractivity contribution in [1.29, 1.82) is 0 Å². The van der Waals surface area contributed by atoms with Crippen LogP contribution in [0.25, 0.3) is 0 Å². The van der Waals surface area contributed by atoms with Gasteiger partial charge >= 0.3 is 0 Å². The van der Waals surface area contributed by atoms with Crippen LogP contribution < -0.4 is 21.5 Å². The molecule has 2 unspecified atom stereocenters. The summed E-state index contributed by atoms with van der Waals surface area (Å²) in [7, 11) is 6.66. The van der Waals surface area contributed by atoms with Gasteiger partial charge in [-0.2, -0.15) is 4.98 Å². The van der Waals surface area contributed by atoms with E-state index in [-0.39, 0.29) is 30.4 Å². The van der Waals surface area contributed by atoms with Crippen molar-refractivity contribution in [3.63, 3.8) is 0 Å². The number of hydrogen-bond acceptors (Lipinski definition) is 9. The molecule has 0 saturated heterocycles. The second-order valence-corrected chi connectivity index (χ2v) is 5.68. The number of nitrogens with one attached hydrogen (secondary N) is 2. The standard InChI is InChI=1S/C16H31N5O5/c1-6-11(12(24-5)9-25-8-7-23-4)26-10-21(3)14-13(18-2)15(22)20-16(17)19-14/h11-12,18H,6-10H2,1-5H3,(H3,17,19,20,22). The molecule has 1 aromatic rings. The number of anilines is 3. The smallest absolute Gasteiger partial charge is 0.277 e. The highest BCUT2D eigenvalue weighted by molar-refractivity contribution is 5.65. The number of hydrogen-bond donors (Lipinski definition) is 3. The van der Waals surface area contributed by atoms with Crippen LogP contribution in [0.4, 0.5) is 17.5 Å². The Morgan fingerprint density at radius 3 is 2.62 bits per heavy atom. The molecule has 2 atom stereocenters. The van der Waals surface area contributed by atoms with Gasteiger partial charge < -0.3 is 34.9 Å². The molecule has 26 heavy (non-hydrogen) atoms. The van der Waals surface area contributed by atoms with Gasteiger partial charge in [0.05, 0.1) is 25.9 Å². The third kappa shape index (κ3) is 6.45. The predicted molar refractivity (Wildman–Crippen MR) is 101 cm³/mol. The highest BCUT2D eigenvalue weighted by atomic mass is 16.6. The fourth-order valence-electron chi connectivity index (χ4n) is 2.41. The van der Waals surface area contributed by atoms with Crippen molar-refractivity contribution >= 4 is 17.5 Å². The predicted octanol–water partition coefficient (Wildman–Crippen LogP) is 0.261. The molecule has 0 fully saturated rings. The van der Waals surface area contributed by atoms with Crippen molar-refractivity contribution in [2.24, 2.45) is 0 Å². The molecule has 0 aliphatic carbocycles. The maximum atomic E-state index is 12.0. The highest BCUT2D eigenvalue weighted by Gasteiger charge is 2.22. The Morgan fingerprint density at radius 1 is 1.31 bits per heavy atom. The SMILES string of the molecule is CCC(OCN(C)c1nc(N)[nH]c(=O)c1NC)C(COCCOC)OC. The maximum absolute atomic E-state index is 12.0. The van der Waals surface area contributed by atoms with E-state index in [2.05, 4.69) is 15.3 Å². The minimum Gasteiger partial charge on any atom is -0.382 e. The lowest BCUT2D eigenvalue weighted by Crippen LogP contribution is -2.38. The van der Waals surface area contributed by atoms with Crippen LogP contribution in [0.5, 0.6) is 0 Å². The fraction of sp³-hybridized carbons (Fsp3) is 0.750. The van der Waals surface area contributed by atoms with Gasteiger partial charge in [-0.05, 0) is 6.42 Å². The van der Waals surface area contributed by atoms with Crippen molar-refractivity contribution in [3.05, 3.63) is 10.4 Å². The lowest BCUT2D eigenvalue weighted by Gasteiger charge is -2.28. The van der Waals surface area contributed by atoms with Crippen molar-refractivity contribution in [3.8, 4) is 0 Å².